The smallest absolute Gasteiger partial charge is 0.257 e. The molecule has 22 heavy (non-hydrogen) atoms. The molecule has 2 N–H and O–H groups in total. The molecule has 1 aliphatic carbocycles. The van der Waals surface area contributed by atoms with E-state index in [0.29, 0.717) is 17.5 Å². The summed E-state index contributed by atoms with van der Waals surface area (Å²) in [5.74, 6) is 0.234. The average molecular weight is 295 g/mol. The van der Waals surface area contributed by atoms with Gasteiger partial charge >= 0.3 is 0 Å². The van der Waals surface area contributed by atoms with Gasteiger partial charge in [0.25, 0.3) is 5.91 Å². The fraction of sp³-hybridized carbons (Fsp3) is 0.333. The quantitative estimate of drug-likeness (QED) is 0.875. The molecule has 1 amide bonds. The first-order chi connectivity index (χ1) is 10.6. The van der Waals surface area contributed by atoms with Crippen LogP contribution in [-0.4, -0.2) is 16.9 Å². The van der Waals surface area contributed by atoms with E-state index in [1.165, 1.54) is 12.8 Å². The number of benzene rings is 1. The molecule has 0 aliphatic heterocycles. The molecule has 0 unspecified atom stereocenters. The lowest BCUT2D eigenvalue weighted by molar-refractivity contribution is 0.102. The average Bonchev–Trinajstić information content (AvgIpc) is 3.32. The number of nitrogens with one attached hydrogen (secondary N) is 2. The predicted octanol–water partition coefficient (Wildman–Crippen LogP) is 4.03. The minimum absolute atomic E-state index is 0.125. The number of pyridine rings is 1. The topological polar surface area (TPSA) is 54.0 Å². The Morgan fingerprint density at radius 3 is 2.73 bits per heavy atom. The van der Waals surface area contributed by atoms with Gasteiger partial charge < -0.3 is 10.6 Å². The first-order valence-corrected chi connectivity index (χ1v) is 7.75. The summed E-state index contributed by atoms with van der Waals surface area (Å²) in [7, 11) is 0. The summed E-state index contributed by atoms with van der Waals surface area (Å²) >= 11 is 0. The third-order valence-corrected chi connectivity index (χ3v) is 3.78. The van der Waals surface area contributed by atoms with Crippen molar-refractivity contribution in [2.24, 2.45) is 0 Å². The largest absolute Gasteiger partial charge is 0.381 e. The van der Waals surface area contributed by atoms with Gasteiger partial charge in [-0.05, 0) is 36.5 Å². The van der Waals surface area contributed by atoms with Crippen LogP contribution in [0.3, 0.4) is 0 Å². The molecule has 1 aliphatic rings. The third kappa shape index (κ3) is 3.45. The summed E-state index contributed by atoms with van der Waals surface area (Å²) in [5.41, 5.74) is 3.48. The van der Waals surface area contributed by atoms with Crippen molar-refractivity contribution in [2.75, 3.05) is 10.6 Å². The van der Waals surface area contributed by atoms with Crippen LogP contribution in [0.15, 0.2) is 42.7 Å². The number of aromatic nitrogens is 1. The van der Waals surface area contributed by atoms with E-state index in [2.05, 4.69) is 29.5 Å². The molecular formula is C18H21N3O. The van der Waals surface area contributed by atoms with E-state index in [-0.39, 0.29) is 5.91 Å². The van der Waals surface area contributed by atoms with Gasteiger partial charge in [-0.3, -0.25) is 9.78 Å². The van der Waals surface area contributed by atoms with Crippen LogP contribution in [0.1, 0.15) is 48.5 Å². The second kappa shape index (κ2) is 6.18. The van der Waals surface area contributed by atoms with Crippen molar-refractivity contribution in [3.8, 4) is 0 Å². The maximum absolute atomic E-state index is 12.5. The molecule has 0 bridgehead atoms. The van der Waals surface area contributed by atoms with Crippen molar-refractivity contribution in [1.82, 2.24) is 4.98 Å². The van der Waals surface area contributed by atoms with Crippen LogP contribution >= 0.6 is 0 Å². The molecule has 0 radical (unpaired) electrons. The Labute approximate surface area is 131 Å². The van der Waals surface area contributed by atoms with Crippen LogP contribution in [0.25, 0.3) is 0 Å². The molecule has 1 aromatic heterocycles. The highest BCUT2D eigenvalue weighted by Crippen LogP contribution is 2.26. The number of carbonyl (C=O) groups excluding carboxylic acids is 1. The van der Waals surface area contributed by atoms with Crippen molar-refractivity contribution in [1.29, 1.82) is 0 Å². The molecule has 1 fully saturated rings. The van der Waals surface area contributed by atoms with E-state index in [4.69, 9.17) is 0 Å². The zero-order chi connectivity index (χ0) is 15.5. The summed E-state index contributed by atoms with van der Waals surface area (Å²) < 4.78 is 0. The summed E-state index contributed by atoms with van der Waals surface area (Å²) in [6.45, 7) is 4.24. The molecular weight excluding hydrogens is 274 g/mol. The van der Waals surface area contributed by atoms with E-state index in [0.717, 1.165) is 16.9 Å². The van der Waals surface area contributed by atoms with Crippen molar-refractivity contribution in [3.63, 3.8) is 0 Å². The normalized spacial score (nSPS) is 14.0. The van der Waals surface area contributed by atoms with Crippen LogP contribution < -0.4 is 10.6 Å². The number of nitrogens with zero attached hydrogens (tertiary/aromatic N) is 1. The van der Waals surface area contributed by atoms with Crippen LogP contribution in [0, 0.1) is 0 Å². The molecule has 4 nitrogen and oxygen atoms in total. The Bertz CT molecular complexity index is 678. The van der Waals surface area contributed by atoms with Crippen molar-refractivity contribution in [3.05, 3.63) is 53.9 Å². The number of hydrogen-bond donors (Lipinski definition) is 2. The summed E-state index contributed by atoms with van der Waals surface area (Å²) in [5, 5.41) is 6.36. The van der Waals surface area contributed by atoms with Crippen LogP contribution in [0.2, 0.25) is 0 Å². The molecule has 0 saturated heterocycles. The number of carbonyl (C=O) groups is 1. The Morgan fingerprint density at radius 2 is 2.00 bits per heavy atom. The first-order valence-electron chi connectivity index (χ1n) is 7.75. The molecule has 0 spiro atoms. The van der Waals surface area contributed by atoms with Gasteiger partial charge in [0.2, 0.25) is 0 Å². The van der Waals surface area contributed by atoms with Gasteiger partial charge in [-0.1, -0.05) is 32.0 Å². The fourth-order valence-corrected chi connectivity index (χ4v) is 2.42. The predicted molar refractivity (Wildman–Crippen MR) is 89.4 cm³/mol. The molecule has 1 heterocycles. The Hall–Kier alpha value is -2.36. The van der Waals surface area contributed by atoms with E-state index in [1.54, 1.807) is 12.4 Å². The van der Waals surface area contributed by atoms with Crippen molar-refractivity contribution < 1.29 is 4.79 Å². The summed E-state index contributed by atoms with van der Waals surface area (Å²) in [4.78, 5) is 16.6. The number of para-hydroxylation sites is 1. The zero-order valence-electron chi connectivity index (χ0n) is 13.0. The molecule has 114 valence electrons. The fourth-order valence-electron chi connectivity index (χ4n) is 2.42. The van der Waals surface area contributed by atoms with Gasteiger partial charge in [-0.2, -0.15) is 0 Å². The molecule has 4 heteroatoms. The molecule has 3 rings (SSSR count). The first kappa shape index (κ1) is 14.6. The lowest BCUT2D eigenvalue weighted by atomic mass is 10.0. The van der Waals surface area contributed by atoms with E-state index < -0.39 is 0 Å². The van der Waals surface area contributed by atoms with Crippen LogP contribution in [0.5, 0.6) is 0 Å². The minimum atomic E-state index is -0.125. The summed E-state index contributed by atoms with van der Waals surface area (Å²) in [6, 6.07) is 10.3. The number of amides is 1. The van der Waals surface area contributed by atoms with Gasteiger partial charge in [0.05, 0.1) is 11.3 Å². The maximum atomic E-state index is 12.5. The van der Waals surface area contributed by atoms with Crippen LogP contribution in [-0.2, 0) is 0 Å². The number of hydrogen-bond acceptors (Lipinski definition) is 3. The van der Waals surface area contributed by atoms with Crippen molar-refractivity contribution in [2.45, 2.75) is 38.6 Å². The highest BCUT2D eigenvalue weighted by Gasteiger charge is 2.21. The Morgan fingerprint density at radius 1 is 1.23 bits per heavy atom. The van der Waals surface area contributed by atoms with E-state index >= 15 is 0 Å². The van der Waals surface area contributed by atoms with Crippen molar-refractivity contribution >= 4 is 17.3 Å². The highest BCUT2D eigenvalue weighted by molar-refractivity contribution is 6.05. The highest BCUT2D eigenvalue weighted by atomic mass is 16.1. The lowest BCUT2D eigenvalue weighted by Gasteiger charge is -2.14. The molecule has 0 atom stereocenters. The number of anilines is 2. The second-order valence-corrected chi connectivity index (χ2v) is 6.08. The minimum Gasteiger partial charge on any atom is -0.381 e. The SMILES string of the molecule is CC(C)c1ccccc1NC(=O)c1cncc(NC2CC2)c1. The van der Waals surface area contributed by atoms with E-state index in [9.17, 15) is 4.79 Å². The maximum Gasteiger partial charge on any atom is 0.257 e. The molecule has 2 aromatic rings. The van der Waals surface area contributed by atoms with Gasteiger partial charge in [-0.25, -0.2) is 0 Å². The second-order valence-electron chi connectivity index (χ2n) is 6.08. The van der Waals surface area contributed by atoms with Gasteiger partial charge in [0, 0.05) is 24.1 Å². The molecule has 1 aromatic carbocycles. The summed E-state index contributed by atoms with van der Waals surface area (Å²) in [6.07, 6.45) is 5.75. The standard InChI is InChI=1S/C18H21N3O/c1-12(2)16-5-3-4-6-17(16)21-18(22)13-9-15(11-19-10-13)20-14-7-8-14/h3-6,9-12,14,20H,7-8H2,1-2H3,(H,21,22). The van der Waals surface area contributed by atoms with Gasteiger partial charge in [0.1, 0.15) is 0 Å². The monoisotopic (exact) mass is 295 g/mol. The van der Waals surface area contributed by atoms with Gasteiger partial charge in [-0.15, -0.1) is 0 Å². The lowest BCUT2D eigenvalue weighted by Crippen LogP contribution is -2.14. The van der Waals surface area contributed by atoms with E-state index in [1.807, 2.05) is 30.3 Å². The Kier molecular flexibility index (Phi) is 4.09. The molecule has 1 saturated carbocycles. The third-order valence-electron chi connectivity index (χ3n) is 3.78. The Balaban J connectivity index is 1.76. The number of rotatable bonds is 5. The van der Waals surface area contributed by atoms with Crippen LogP contribution in [0.4, 0.5) is 11.4 Å². The van der Waals surface area contributed by atoms with Gasteiger partial charge in [0.15, 0.2) is 0 Å². The zero-order valence-corrected chi connectivity index (χ0v) is 13.0.